The van der Waals surface area contributed by atoms with Gasteiger partial charge in [0.25, 0.3) is 5.56 Å². The summed E-state index contributed by atoms with van der Waals surface area (Å²) in [6, 6.07) is 6.92. The summed E-state index contributed by atoms with van der Waals surface area (Å²) < 4.78 is 5.14. The molecule has 0 spiro atoms. The minimum absolute atomic E-state index is 0.175. The average Bonchev–Trinajstić information content (AvgIpc) is 2.30. The number of aryl methyl sites for hydroxylation is 1. The number of hydrogen-bond donors (Lipinski definition) is 2. The van der Waals surface area contributed by atoms with E-state index in [0.717, 1.165) is 4.90 Å². The fourth-order valence-corrected chi connectivity index (χ4v) is 2.40. The van der Waals surface area contributed by atoms with Gasteiger partial charge in [-0.3, -0.25) is 4.79 Å². The molecule has 0 aliphatic heterocycles. The molecule has 1 aromatic carbocycles. The number of rotatable bonds is 3. The summed E-state index contributed by atoms with van der Waals surface area (Å²) in [5, 5.41) is 0.514. The van der Waals surface area contributed by atoms with Gasteiger partial charge in [-0.1, -0.05) is 6.07 Å². The van der Waals surface area contributed by atoms with Crippen LogP contribution in [0, 0.1) is 6.92 Å². The van der Waals surface area contributed by atoms with Crippen LogP contribution in [0.1, 0.15) is 5.69 Å². The third kappa shape index (κ3) is 2.65. The van der Waals surface area contributed by atoms with Crippen LogP contribution in [-0.4, -0.2) is 17.1 Å². The quantitative estimate of drug-likeness (QED) is 0.652. The van der Waals surface area contributed by atoms with Gasteiger partial charge < -0.3 is 15.5 Å². The molecule has 0 unspecified atom stereocenters. The Labute approximate surface area is 108 Å². The first-order valence-electron chi connectivity index (χ1n) is 5.28. The lowest BCUT2D eigenvalue weighted by atomic mass is 10.3. The number of nitrogens with zero attached hydrogens (tertiary/aromatic N) is 1. The summed E-state index contributed by atoms with van der Waals surface area (Å²) in [7, 11) is 1.56. The molecule has 0 bridgehead atoms. The molecule has 0 atom stereocenters. The molecule has 18 heavy (non-hydrogen) atoms. The minimum Gasteiger partial charge on any atom is -0.495 e. The van der Waals surface area contributed by atoms with Crippen LogP contribution in [0.25, 0.3) is 0 Å². The van der Waals surface area contributed by atoms with Crippen LogP contribution in [0.4, 0.5) is 5.69 Å². The zero-order valence-electron chi connectivity index (χ0n) is 10.1. The van der Waals surface area contributed by atoms with Gasteiger partial charge in [0.1, 0.15) is 5.75 Å². The van der Waals surface area contributed by atoms with E-state index in [9.17, 15) is 4.79 Å². The zero-order valence-corrected chi connectivity index (χ0v) is 10.9. The maximum Gasteiger partial charge on any atom is 0.251 e. The van der Waals surface area contributed by atoms with Crippen LogP contribution >= 0.6 is 11.8 Å². The summed E-state index contributed by atoms with van der Waals surface area (Å²) in [6.07, 6.45) is 0. The predicted octanol–water partition coefficient (Wildman–Crippen LogP) is 1.82. The molecular weight excluding hydrogens is 250 g/mol. The van der Waals surface area contributed by atoms with Crippen molar-refractivity contribution in [3.63, 3.8) is 0 Å². The van der Waals surface area contributed by atoms with Crippen molar-refractivity contribution in [2.24, 2.45) is 0 Å². The number of nitrogen functional groups attached to an aromatic ring is 1. The largest absolute Gasteiger partial charge is 0.495 e. The number of H-pyrrole nitrogens is 1. The number of aromatic nitrogens is 2. The summed E-state index contributed by atoms with van der Waals surface area (Å²) in [4.78, 5) is 19.0. The van der Waals surface area contributed by atoms with E-state index in [-0.39, 0.29) is 5.56 Å². The summed E-state index contributed by atoms with van der Waals surface area (Å²) in [6.45, 7) is 1.77. The highest BCUT2D eigenvalue weighted by Gasteiger charge is 2.08. The second kappa shape index (κ2) is 5.14. The zero-order chi connectivity index (χ0) is 13.1. The number of ether oxygens (including phenoxy) is 1. The third-order valence-electron chi connectivity index (χ3n) is 2.30. The molecule has 2 aromatic rings. The van der Waals surface area contributed by atoms with Crippen molar-refractivity contribution in [2.75, 3.05) is 12.8 Å². The van der Waals surface area contributed by atoms with Gasteiger partial charge >= 0.3 is 0 Å². The highest BCUT2D eigenvalue weighted by Crippen LogP contribution is 2.34. The van der Waals surface area contributed by atoms with Crippen molar-refractivity contribution in [1.29, 1.82) is 0 Å². The Hall–Kier alpha value is -1.95. The van der Waals surface area contributed by atoms with Gasteiger partial charge in [0, 0.05) is 16.7 Å². The Bertz CT molecular complexity index is 625. The van der Waals surface area contributed by atoms with Crippen molar-refractivity contribution >= 4 is 17.4 Å². The van der Waals surface area contributed by atoms with E-state index in [2.05, 4.69) is 9.97 Å². The van der Waals surface area contributed by atoms with E-state index in [1.807, 2.05) is 12.1 Å². The maximum atomic E-state index is 11.3. The van der Waals surface area contributed by atoms with Crippen molar-refractivity contribution < 1.29 is 4.74 Å². The standard InChI is InChI=1S/C12H13N3O2S/c1-7-6-10(16)15-12(14-7)18-9-5-3-4-8(17-2)11(9)13/h3-6H,13H2,1-2H3,(H,14,15,16). The topological polar surface area (TPSA) is 81.0 Å². The number of hydrogen-bond acceptors (Lipinski definition) is 5. The fraction of sp³-hybridized carbons (Fsp3) is 0.167. The number of nitrogens with two attached hydrogens (primary N) is 1. The Morgan fingerprint density at radius 3 is 2.89 bits per heavy atom. The molecular formula is C12H13N3O2S. The van der Waals surface area contributed by atoms with Gasteiger partial charge in [-0.2, -0.15) is 0 Å². The Morgan fingerprint density at radius 1 is 1.44 bits per heavy atom. The Kier molecular flexibility index (Phi) is 3.57. The third-order valence-corrected chi connectivity index (χ3v) is 3.26. The highest BCUT2D eigenvalue weighted by atomic mass is 32.2. The lowest BCUT2D eigenvalue weighted by Gasteiger charge is -2.08. The van der Waals surface area contributed by atoms with E-state index in [4.69, 9.17) is 10.5 Å². The molecule has 0 amide bonds. The molecule has 1 heterocycles. The van der Waals surface area contributed by atoms with E-state index in [1.165, 1.54) is 17.8 Å². The highest BCUT2D eigenvalue weighted by molar-refractivity contribution is 7.99. The summed E-state index contributed by atoms with van der Waals surface area (Å²) >= 11 is 1.30. The second-order valence-corrected chi connectivity index (χ2v) is 4.70. The SMILES string of the molecule is COc1cccc(Sc2nc(C)cc(=O)[nH]2)c1N. The molecule has 6 heteroatoms. The normalized spacial score (nSPS) is 10.3. The minimum atomic E-state index is -0.175. The van der Waals surface area contributed by atoms with E-state index < -0.39 is 0 Å². The first-order chi connectivity index (χ1) is 8.60. The van der Waals surface area contributed by atoms with E-state index in [1.54, 1.807) is 20.1 Å². The van der Waals surface area contributed by atoms with Gasteiger partial charge in [0.05, 0.1) is 12.8 Å². The van der Waals surface area contributed by atoms with Gasteiger partial charge in [-0.25, -0.2) is 4.98 Å². The molecule has 94 valence electrons. The molecule has 0 fully saturated rings. The van der Waals surface area contributed by atoms with Crippen molar-refractivity contribution in [2.45, 2.75) is 17.0 Å². The molecule has 0 saturated carbocycles. The number of benzene rings is 1. The lowest BCUT2D eigenvalue weighted by Crippen LogP contribution is -2.08. The first kappa shape index (κ1) is 12.5. The molecule has 0 aliphatic carbocycles. The predicted molar refractivity (Wildman–Crippen MR) is 71.1 cm³/mol. The first-order valence-corrected chi connectivity index (χ1v) is 6.10. The molecule has 0 radical (unpaired) electrons. The summed E-state index contributed by atoms with van der Waals surface area (Å²) in [5.74, 6) is 0.606. The molecule has 3 N–H and O–H groups in total. The number of para-hydroxylation sites is 1. The monoisotopic (exact) mass is 263 g/mol. The van der Waals surface area contributed by atoms with E-state index in [0.29, 0.717) is 22.3 Å². The average molecular weight is 263 g/mol. The fourth-order valence-electron chi connectivity index (χ4n) is 1.49. The molecule has 5 nitrogen and oxygen atoms in total. The Balaban J connectivity index is 2.37. The van der Waals surface area contributed by atoms with Crippen LogP contribution in [-0.2, 0) is 0 Å². The number of aromatic amines is 1. The van der Waals surface area contributed by atoms with E-state index >= 15 is 0 Å². The molecule has 1 aromatic heterocycles. The van der Waals surface area contributed by atoms with Crippen molar-refractivity contribution in [1.82, 2.24) is 9.97 Å². The van der Waals surface area contributed by atoms with Crippen LogP contribution in [0.3, 0.4) is 0 Å². The lowest BCUT2D eigenvalue weighted by molar-refractivity contribution is 0.416. The van der Waals surface area contributed by atoms with Gasteiger partial charge in [0.15, 0.2) is 5.16 Å². The molecule has 2 rings (SSSR count). The van der Waals surface area contributed by atoms with Crippen LogP contribution in [0.2, 0.25) is 0 Å². The molecule has 0 saturated heterocycles. The van der Waals surface area contributed by atoms with Crippen LogP contribution < -0.4 is 16.0 Å². The summed E-state index contributed by atoms with van der Waals surface area (Å²) in [5.41, 5.74) is 6.98. The number of anilines is 1. The van der Waals surface area contributed by atoms with Crippen LogP contribution in [0.15, 0.2) is 39.1 Å². The number of nitrogens with one attached hydrogen (secondary N) is 1. The molecule has 0 aliphatic rings. The van der Waals surface area contributed by atoms with Crippen molar-refractivity contribution in [3.05, 3.63) is 40.3 Å². The number of methoxy groups -OCH3 is 1. The maximum absolute atomic E-state index is 11.3. The van der Waals surface area contributed by atoms with Gasteiger partial charge in [0.2, 0.25) is 0 Å². The second-order valence-electron chi connectivity index (χ2n) is 3.67. The van der Waals surface area contributed by atoms with Crippen molar-refractivity contribution in [3.8, 4) is 5.75 Å². The van der Waals surface area contributed by atoms with Gasteiger partial charge in [-0.15, -0.1) is 0 Å². The van der Waals surface area contributed by atoms with Crippen LogP contribution in [0.5, 0.6) is 5.75 Å². The van der Waals surface area contributed by atoms with Gasteiger partial charge in [-0.05, 0) is 30.8 Å². The Morgan fingerprint density at radius 2 is 2.22 bits per heavy atom. The smallest absolute Gasteiger partial charge is 0.251 e.